The molecule has 0 atom stereocenters. The predicted molar refractivity (Wildman–Crippen MR) is 97.0 cm³/mol. The van der Waals surface area contributed by atoms with Crippen LogP contribution in [-0.4, -0.2) is 25.5 Å². The lowest BCUT2D eigenvalue weighted by molar-refractivity contribution is -0.121. The van der Waals surface area contributed by atoms with Gasteiger partial charge in [0.1, 0.15) is 0 Å². The van der Waals surface area contributed by atoms with E-state index in [1.165, 1.54) is 0 Å². The molecular formula is C20H24N2O3. The van der Waals surface area contributed by atoms with E-state index in [0.29, 0.717) is 38.1 Å². The molecule has 0 aliphatic heterocycles. The van der Waals surface area contributed by atoms with Gasteiger partial charge < -0.3 is 15.4 Å². The number of rotatable bonds is 9. The number of methoxy groups -OCH3 is 1. The molecular weight excluding hydrogens is 316 g/mol. The molecule has 25 heavy (non-hydrogen) atoms. The average molecular weight is 340 g/mol. The van der Waals surface area contributed by atoms with Crippen LogP contribution < -0.4 is 10.6 Å². The summed E-state index contributed by atoms with van der Waals surface area (Å²) in [5, 5.41) is 5.73. The molecule has 0 aliphatic rings. The van der Waals surface area contributed by atoms with E-state index >= 15 is 0 Å². The van der Waals surface area contributed by atoms with Gasteiger partial charge in [-0.3, -0.25) is 9.59 Å². The van der Waals surface area contributed by atoms with Crippen molar-refractivity contribution in [3.05, 3.63) is 71.3 Å². The van der Waals surface area contributed by atoms with Crippen LogP contribution in [0.1, 0.15) is 34.3 Å². The van der Waals surface area contributed by atoms with E-state index < -0.39 is 0 Å². The summed E-state index contributed by atoms with van der Waals surface area (Å²) in [5.41, 5.74) is 2.75. The summed E-state index contributed by atoms with van der Waals surface area (Å²) in [4.78, 5) is 23.8. The molecule has 2 aromatic carbocycles. The van der Waals surface area contributed by atoms with Crippen LogP contribution in [0, 0.1) is 0 Å². The van der Waals surface area contributed by atoms with Gasteiger partial charge in [-0.15, -0.1) is 0 Å². The molecule has 0 heterocycles. The SMILES string of the molecule is COCc1ccccc1CNC(=O)CCCNC(=O)c1ccccc1. The fraction of sp³-hybridized carbons (Fsp3) is 0.300. The van der Waals surface area contributed by atoms with Crippen LogP contribution in [0.2, 0.25) is 0 Å². The highest BCUT2D eigenvalue weighted by Gasteiger charge is 2.06. The fourth-order valence-electron chi connectivity index (χ4n) is 2.45. The Bertz CT molecular complexity index is 686. The van der Waals surface area contributed by atoms with Gasteiger partial charge in [-0.05, 0) is 29.7 Å². The molecule has 132 valence electrons. The molecule has 5 heteroatoms. The quantitative estimate of drug-likeness (QED) is 0.690. The molecule has 0 aromatic heterocycles. The van der Waals surface area contributed by atoms with Crippen molar-refractivity contribution in [2.45, 2.75) is 26.0 Å². The minimum absolute atomic E-state index is 0.0267. The molecule has 5 nitrogen and oxygen atoms in total. The van der Waals surface area contributed by atoms with E-state index in [-0.39, 0.29) is 11.8 Å². The highest BCUT2D eigenvalue weighted by molar-refractivity contribution is 5.94. The molecule has 0 fully saturated rings. The Kier molecular flexibility index (Phi) is 7.66. The number of amides is 2. The molecule has 2 amide bonds. The summed E-state index contributed by atoms with van der Waals surface area (Å²) in [5.74, 6) is -0.143. The second-order valence-electron chi connectivity index (χ2n) is 5.70. The van der Waals surface area contributed by atoms with Crippen molar-refractivity contribution in [1.29, 1.82) is 0 Å². The van der Waals surface area contributed by atoms with Crippen LogP contribution in [0.5, 0.6) is 0 Å². The van der Waals surface area contributed by atoms with Crippen molar-refractivity contribution >= 4 is 11.8 Å². The summed E-state index contributed by atoms with van der Waals surface area (Å²) in [6.07, 6.45) is 0.978. The summed E-state index contributed by atoms with van der Waals surface area (Å²) >= 11 is 0. The zero-order chi connectivity index (χ0) is 17.9. The first-order chi connectivity index (χ1) is 12.2. The molecule has 0 saturated carbocycles. The molecule has 2 aromatic rings. The lowest BCUT2D eigenvalue weighted by atomic mass is 10.1. The van der Waals surface area contributed by atoms with Crippen LogP contribution >= 0.6 is 0 Å². The van der Waals surface area contributed by atoms with Crippen molar-refractivity contribution in [2.24, 2.45) is 0 Å². The number of hydrogen-bond acceptors (Lipinski definition) is 3. The first-order valence-corrected chi connectivity index (χ1v) is 8.36. The lowest BCUT2D eigenvalue weighted by Gasteiger charge is -2.10. The molecule has 2 rings (SSSR count). The Labute approximate surface area is 148 Å². The van der Waals surface area contributed by atoms with Crippen molar-refractivity contribution in [1.82, 2.24) is 10.6 Å². The van der Waals surface area contributed by atoms with E-state index in [9.17, 15) is 9.59 Å². The van der Waals surface area contributed by atoms with Crippen LogP contribution in [0.4, 0.5) is 0 Å². The van der Waals surface area contributed by atoms with Crippen LogP contribution in [-0.2, 0) is 22.7 Å². The molecule has 0 unspecified atom stereocenters. The van der Waals surface area contributed by atoms with E-state index in [4.69, 9.17) is 4.74 Å². The van der Waals surface area contributed by atoms with Crippen molar-refractivity contribution in [2.75, 3.05) is 13.7 Å². The van der Waals surface area contributed by atoms with E-state index in [1.807, 2.05) is 42.5 Å². The molecule has 0 radical (unpaired) electrons. The Balaban J connectivity index is 1.67. The number of ether oxygens (including phenoxy) is 1. The molecule has 0 spiro atoms. The third-order valence-corrected chi connectivity index (χ3v) is 3.80. The second kappa shape index (κ2) is 10.3. The number of carbonyl (C=O) groups excluding carboxylic acids is 2. The Morgan fingerprint density at radius 2 is 1.60 bits per heavy atom. The topological polar surface area (TPSA) is 67.4 Å². The van der Waals surface area contributed by atoms with Gasteiger partial charge in [0.05, 0.1) is 6.61 Å². The Morgan fingerprint density at radius 1 is 0.920 bits per heavy atom. The highest BCUT2D eigenvalue weighted by atomic mass is 16.5. The van der Waals surface area contributed by atoms with E-state index in [0.717, 1.165) is 11.1 Å². The first kappa shape index (κ1) is 18.7. The van der Waals surface area contributed by atoms with Gasteiger partial charge in [-0.25, -0.2) is 0 Å². The first-order valence-electron chi connectivity index (χ1n) is 8.36. The standard InChI is InChI=1S/C20H24N2O3/c1-25-15-18-11-6-5-10-17(18)14-22-19(23)12-7-13-21-20(24)16-8-3-2-4-9-16/h2-6,8-11H,7,12-15H2,1H3,(H,21,24)(H,22,23). The maximum atomic E-state index is 11.9. The van der Waals surface area contributed by atoms with Crippen molar-refractivity contribution in [3.63, 3.8) is 0 Å². The van der Waals surface area contributed by atoms with Gasteiger partial charge >= 0.3 is 0 Å². The predicted octanol–water partition coefficient (Wildman–Crippen LogP) is 2.66. The smallest absolute Gasteiger partial charge is 0.251 e. The maximum Gasteiger partial charge on any atom is 0.251 e. The number of hydrogen-bond donors (Lipinski definition) is 2. The minimum Gasteiger partial charge on any atom is -0.380 e. The number of benzene rings is 2. The fourth-order valence-corrected chi connectivity index (χ4v) is 2.45. The number of carbonyl (C=O) groups is 2. The summed E-state index contributed by atoms with van der Waals surface area (Å²) in [7, 11) is 1.65. The zero-order valence-corrected chi connectivity index (χ0v) is 14.5. The minimum atomic E-state index is -0.116. The lowest BCUT2D eigenvalue weighted by Crippen LogP contribution is -2.27. The van der Waals surface area contributed by atoms with Crippen molar-refractivity contribution in [3.8, 4) is 0 Å². The van der Waals surface area contributed by atoms with Gasteiger partial charge in [-0.2, -0.15) is 0 Å². The summed E-state index contributed by atoms with van der Waals surface area (Å²) in [6, 6.07) is 16.9. The Hall–Kier alpha value is -2.66. The Morgan fingerprint density at radius 3 is 2.32 bits per heavy atom. The summed E-state index contributed by atoms with van der Waals surface area (Å²) in [6.45, 7) is 1.48. The molecule has 0 saturated heterocycles. The van der Waals surface area contributed by atoms with Gasteiger partial charge in [0.15, 0.2) is 0 Å². The van der Waals surface area contributed by atoms with Crippen LogP contribution in [0.15, 0.2) is 54.6 Å². The second-order valence-corrected chi connectivity index (χ2v) is 5.70. The monoisotopic (exact) mass is 340 g/mol. The molecule has 0 bridgehead atoms. The average Bonchev–Trinajstić information content (AvgIpc) is 2.65. The third kappa shape index (κ3) is 6.39. The van der Waals surface area contributed by atoms with Crippen molar-refractivity contribution < 1.29 is 14.3 Å². The highest BCUT2D eigenvalue weighted by Crippen LogP contribution is 2.09. The van der Waals surface area contributed by atoms with Gasteiger partial charge in [0.25, 0.3) is 5.91 Å². The van der Waals surface area contributed by atoms with Gasteiger partial charge in [-0.1, -0.05) is 42.5 Å². The number of nitrogens with one attached hydrogen (secondary N) is 2. The molecule has 0 aliphatic carbocycles. The maximum absolute atomic E-state index is 11.9. The van der Waals surface area contributed by atoms with E-state index in [1.54, 1.807) is 19.2 Å². The molecule has 2 N–H and O–H groups in total. The van der Waals surface area contributed by atoms with Crippen LogP contribution in [0.25, 0.3) is 0 Å². The van der Waals surface area contributed by atoms with Crippen LogP contribution in [0.3, 0.4) is 0 Å². The summed E-state index contributed by atoms with van der Waals surface area (Å²) < 4.78 is 5.16. The van der Waals surface area contributed by atoms with Gasteiger partial charge in [0, 0.05) is 32.2 Å². The zero-order valence-electron chi connectivity index (χ0n) is 14.5. The normalized spacial score (nSPS) is 10.3. The largest absolute Gasteiger partial charge is 0.380 e. The van der Waals surface area contributed by atoms with Gasteiger partial charge in [0.2, 0.25) is 5.91 Å². The van der Waals surface area contributed by atoms with E-state index in [2.05, 4.69) is 10.6 Å². The third-order valence-electron chi connectivity index (χ3n) is 3.80.